The molecule has 0 amide bonds. The van der Waals surface area contributed by atoms with Crippen molar-refractivity contribution in [2.75, 3.05) is 69.1 Å². The Morgan fingerprint density at radius 1 is 0.517 bits per heavy atom. The zero-order valence-electron chi connectivity index (χ0n) is 33.0. The fraction of sp³-hybridized carbons (Fsp3) is 0.429. The highest BCUT2D eigenvalue weighted by Crippen LogP contribution is 2.54. The summed E-state index contributed by atoms with van der Waals surface area (Å²) in [6.45, 7) is -0.408. The van der Waals surface area contributed by atoms with Gasteiger partial charge in [-0.1, -0.05) is 12.1 Å². The molecule has 0 radical (unpaired) electrons. The Kier molecular flexibility index (Phi) is 13.5. The third-order valence-corrected chi connectivity index (χ3v) is 10.6. The van der Waals surface area contributed by atoms with Crippen LogP contribution in [0.15, 0.2) is 60.7 Å². The van der Waals surface area contributed by atoms with Crippen LogP contribution < -0.4 is 37.9 Å². The molecule has 2 aliphatic rings. The van der Waals surface area contributed by atoms with Crippen molar-refractivity contribution in [2.45, 2.75) is 36.6 Å². The number of phenolic OH excluding ortho intramolecular Hbond substituents is 2. The Bertz CT molecular complexity index is 1830. The van der Waals surface area contributed by atoms with E-state index in [1.807, 2.05) is 0 Å². The molecule has 0 unspecified atom stereocenters. The first kappa shape index (κ1) is 42.3. The van der Waals surface area contributed by atoms with E-state index in [9.17, 15) is 30.6 Å². The molecule has 0 aliphatic carbocycles. The minimum absolute atomic E-state index is 0.0909. The number of aromatic hydroxyl groups is 2. The summed E-state index contributed by atoms with van der Waals surface area (Å²) < 4.78 is 58.4. The average Bonchev–Trinajstić information content (AvgIpc) is 3.87. The highest BCUT2D eigenvalue weighted by Gasteiger charge is 2.49. The summed E-state index contributed by atoms with van der Waals surface area (Å²) in [7, 11) is 8.65. The number of fused-ring (bicyclic) bond motifs is 1. The molecule has 8 atom stereocenters. The van der Waals surface area contributed by atoms with E-state index in [2.05, 4.69) is 0 Å². The number of rotatable bonds is 18. The molecule has 2 saturated heterocycles. The van der Waals surface area contributed by atoms with E-state index in [4.69, 9.17) is 47.4 Å². The molecule has 16 heteroatoms. The van der Waals surface area contributed by atoms with Gasteiger partial charge in [-0.3, -0.25) is 0 Å². The molecule has 2 aliphatic heterocycles. The van der Waals surface area contributed by atoms with Gasteiger partial charge >= 0.3 is 0 Å². The number of aliphatic hydroxyl groups excluding tert-OH is 4. The number of hydrogen-bond donors (Lipinski definition) is 6. The van der Waals surface area contributed by atoms with Crippen LogP contribution in [0.2, 0.25) is 0 Å². The van der Waals surface area contributed by atoms with E-state index in [-0.39, 0.29) is 69.3 Å². The zero-order chi connectivity index (χ0) is 41.7. The van der Waals surface area contributed by atoms with Gasteiger partial charge in [0.05, 0.1) is 81.3 Å². The Labute approximate surface area is 335 Å². The molecule has 0 spiro atoms. The quantitative estimate of drug-likeness (QED) is 0.0832. The Balaban J connectivity index is 1.22. The first-order valence-corrected chi connectivity index (χ1v) is 18.4. The number of methoxy groups -OCH3 is 6. The molecule has 16 nitrogen and oxygen atoms in total. The third kappa shape index (κ3) is 8.30. The summed E-state index contributed by atoms with van der Waals surface area (Å²) in [6, 6.07) is 15.7. The van der Waals surface area contributed by atoms with Gasteiger partial charge < -0.3 is 78.0 Å². The van der Waals surface area contributed by atoms with Crippen molar-refractivity contribution in [2.24, 2.45) is 11.8 Å². The second-order valence-corrected chi connectivity index (χ2v) is 13.8. The number of aliphatic hydroxyl groups is 4. The van der Waals surface area contributed by atoms with Gasteiger partial charge in [-0.2, -0.15) is 0 Å². The molecule has 2 fully saturated rings. The Hall–Kier alpha value is -5.36. The van der Waals surface area contributed by atoms with Crippen molar-refractivity contribution >= 4 is 0 Å². The van der Waals surface area contributed by atoms with Gasteiger partial charge in [0.1, 0.15) is 12.2 Å². The van der Waals surface area contributed by atoms with Gasteiger partial charge in [0.15, 0.2) is 58.2 Å². The highest BCUT2D eigenvalue weighted by atomic mass is 16.6. The van der Waals surface area contributed by atoms with Crippen LogP contribution in [0.25, 0.3) is 0 Å². The van der Waals surface area contributed by atoms with Crippen molar-refractivity contribution in [3.63, 3.8) is 0 Å². The smallest absolute Gasteiger partial charge is 0.204 e. The van der Waals surface area contributed by atoms with Crippen LogP contribution in [0.4, 0.5) is 0 Å². The van der Waals surface area contributed by atoms with Crippen molar-refractivity contribution in [3.05, 3.63) is 82.9 Å². The van der Waals surface area contributed by atoms with Crippen LogP contribution in [0.5, 0.6) is 57.5 Å². The predicted octanol–water partition coefficient (Wildman–Crippen LogP) is 4.17. The summed E-state index contributed by atoms with van der Waals surface area (Å²) in [6.07, 6.45) is -5.76. The van der Waals surface area contributed by atoms with Crippen LogP contribution in [0.3, 0.4) is 0 Å². The van der Waals surface area contributed by atoms with Crippen LogP contribution >= 0.6 is 0 Å². The van der Waals surface area contributed by atoms with Crippen molar-refractivity contribution < 1.29 is 78.0 Å². The topological polar surface area (TPSA) is 214 Å². The van der Waals surface area contributed by atoms with E-state index >= 15 is 0 Å². The monoisotopic (exact) mass is 810 g/mol. The van der Waals surface area contributed by atoms with E-state index in [0.717, 1.165) is 11.1 Å². The molecule has 4 aromatic carbocycles. The van der Waals surface area contributed by atoms with Gasteiger partial charge in [0, 0.05) is 11.8 Å². The highest BCUT2D eigenvalue weighted by molar-refractivity contribution is 5.56. The largest absolute Gasteiger partial charge is 0.504 e. The SMILES string of the molecule is COc1cc([C@@H](O)[C@H](CO)Oc2c(OC)cc([C@H]3OC[C@H]4[C@@H]3CO[C@@H]4c3cc(OC)c(O[C@@H](CO)[C@H](O)c4ccc(O)c(OC)c4)c(OC)c3)cc2OC)ccc1O. The number of ether oxygens (including phenoxy) is 10. The molecular formula is C42H50O16. The standard InChI is InChI=1S/C42H50O16/c1-49-29-11-21(7-9-27(29)45)37(47)35(17-43)57-41-31(51-3)13-23(14-32(41)52-4)39-25-19-56-40(26(25)20-55-39)24-15-33(53-5)42(34(16-24)54-6)58-36(18-44)38(48)22-8-10-28(46)30(12-22)50-2/h7-16,25-26,35-40,43-48H,17-20H2,1-6H3/t25-,26-,35-,36-,37+,38+,39+,40+/m0/s1. The van der Waals surface area contributed by atoms with E-state index in [0.29, 0.717) is 24.3 Å². The fourth-order valence-corrected chi connectivity index (χ4v) is 7.49. The number of benzene rings is 4. The number of hydrogen-bond acceptors (Lipinski definition) is 16. The maximum atomic E-state index is 11.2. The van der Waals surface area contributed by atoms with Crippen LogP contribution in [0.1, 0.15) is 46.7 Å². The molecule has 6 rings (SSSR count). The predicted molar refractivity (Wildman–Crippen MR) is 206 cm³/mol. The van der Waals surface area contributed by atoms with Gasteiger partial charge in [-0.15, -0.1) is 0 Å². The first-order valence-electron chi connectivity index (χ1n) is 18.4. The molecule has 0 saturated carbocycles. The van der Waals surface area contributed by atoms with Gasteiger partial charge in [-0.25, -0.2) is 0 Å². The van der Waals surface area contributed by atoms with Gasteiger partial charge in [-0.05, 0) is 70.8 Å². The van der Waals surface area contributed by atoms with E-state index in [1.165, 1.54) is 79.1 Å². The van der Waals surface area contributed by atoms with Crippen LogP contribution in [-0.4, -0.2) is 112 Å². The minimum Gasteiger partial charge on any atom is -0.504 e. The lowest BCUT2D eigenvalue weighted by atomic mass is 9.84. The lowest BCUT2D eigenvalue weighted by Gasteiger charge is -2.26. The molecule has 314 valence electrons. The summed E-state index contributed by atoms with van der Waals surface area (Å²) in [5, 5.41) is 62.8. The maximum Gasteiger partial charge on any atom is 0.204 e. The van der Waals surface area contributed by atoms with Crippen LogP contribution in [-0.2, 0) is 9.47 Å². The molecule has 6 N–H and O–H groups in total. The van der Waals surface area contributed by atoms with Crippen LogP contribution in [0, 0.1) is 11.8 Å². The molecule has 0 bridgehead atoms. The molecule has 58 heavy (non-hydrogen) atoms. The zero-order valence-corrected chi connectivity index (χ0v) is 33.0. The summed E-state index contributed by atoms with van der Waals surface area (Å²) in [4.78, 5) is 0. The van der Waals surface area contributed by atoms with E-state index < -0.39 is 49.8 Å². The average molecular weight is 811 g/mol. The summed E-state index contributed by atoms with van der Waals surface area (Å²) in [5.74, 6) is 1.38. The summed E-state index contributed by atoms with van der Waals surface area (Å²) >= 11 is 0. The Morgan fingerprint density at radius 3 is 1.14 bits per heavy atom. The molecule has 2 heterocycles. The first-order chi connectivity index (χ1) is 28.0. The third-order valence-electron chi connectivity index (χ3n) is 10.6. The fourth-order valence-electron chi connectivity index (χ4n) is 7.49. The molecule has 4 aromatic rings. The van der Waals surface area contributed by atoms with Crippen molar-refractivity contribution in [1.29, 1.82) is 0 Å². The van der Waals surface area contributed by atoms with Crippen molar-refractivity contribution in [3.8, 4) is 57.5 Å². The lowest BCUT2D eigenvalue weighted by molar-refractivity contribution is -0.00205. The lowest BCUT2D eigenvalue weighted by Crippen LogP contribution is -2.29. The second kappa shape index (κ2) is 18.5. The van der Waals surface area contributed by atoms with E-state index in [1.54, 1.807) is 24.3 Å². The van der Waals surface area contributed by atoms with Crippen molar-refractivity contribution in [1.82, 2.24) is 0 Å². The Morgan fingerprint density at radius 2 is 0.845 bits per heavy atom. The normalized spacial score (nSPS) is 20.7. The second-order valence-electron chi connectivity index (χ2n) is 13.8. The molecule has 0 aromatic heterocycles. The van der Waals surface area contributed by atoms with Gasteiger partial charge in [0.2, 0.25) is 11.5 Å². The number of phenols is 2. The summed E-state index contributed by atoms with van der Waals surface area (Å²) in [5.41, 5.74) is 2.17. The molecular weight excluding hydrogens is 760 g/mol. The maximum absolute atomic E-state index is 11.2. The van der Waals surface area contributed by atoms with Gasteiger partial charge in [0.25, 0.3) is 0 Å². The minimum atomic E-state index is -1.31.